The first-order chi connectivity index (χ1) is 9.47. The molecule has 0 saturated heterocycles. The monoisotopic (exact) mass is 298 g/mol. The number of aryl methyl sites for hydroxylation is 1. The van der Waals surface area contributed by atoms with Crippen molar-refractivity contribution in [3.05, 3.63) is 29.6 Å². The van der Waals surface area contributed by atoms with Crippen LogP contribution in [0.2, 0.25) is 0 Å². The normalized spacial score (nSPS) is 11.3. The van der Waals surface area contributed by atoms with Crippen molar-refractivity contribution in [2.75, 3.05) is 11.8 Å². The Labute approximate surface area is 115 Å². The lowest BCUT2D eigenvalue weighted by atomic mass is 10.3. The molecule has 0 atom stereocenters. The molecule has 0 fully saturated rings. The topological polar surface area (TPSA) is 117 Å². The largest absolute Gasteiger partial charge is 0.481 e. The molecule has 0 amide bonds. The zero-order valence-electron chi connectivity index (χ0n) is 10.9. The van der Waals surface area contributed by atoms with Crippen LogP contribution in [0, 0.1) is 6.92 Å². The van der Waals surface area contributed by atoms with E-state index in [4.69, 9.17) is 4.74 Å². The molecule has 20 heavy (non-hydrogen) atoms. The molecule has 0 saturated carbocycles. The Kier molecular flexibility index (Phi) is 3.91. The van der Waals surface area contributed by atoms with Crippen molar-refractivity contribution in [1.29, 1.82) is 0 Å². The smallest absolute Gasteiger partial charge is 0.281 e. The van der Waals surface area contributed by atoms with Crippen LogP contribution in [0.4, 0.5) is 5.69 Å². The molecule has 0 unspecified atom stereocenters. The number of hydrogen-bond acceptors (Lipinski definition) is 6. The van der Waals surface area contributed by atoms with Crippen molar-refractivity contribution in [3.63, 3.8) is 0 Å². The first kappa shape index (κ1) is 14.3. The van der Waals surface area contributed by atoms with Crippen LogP contribution in [0.25, 0.3) is 0 Å². The van der Waals surface area contributed by atoms with Gasteiger partial charge in [0, 0.05) is 17.3 Å². The minimum Gasteiger partial charge on any atom is -0.481 e. The zero-order valence-corrected chi connectivity index (χ0v) is 11.7. The number of methoxy groups -OCH3 is 1. The minimum atomic E-state index is -3.89. The molecule has 0 aliphatic carbocycles. The van der Waals surface area contributed by atoms with Crippen molar-refractivity contribution in [2.45, 2.75) is 18.6 Å². The average molecular weight is 298 g/mol. The number of sulfonamides is 1. The Balaban J connectivity index is 2.30. The summed E-state index contributed by atoms with van der Waals surface area (Å²) in [5, 5.41) is 15.2. The highest BCUT2D eigenvalue weighted by Gasteiger charge is 2.23. The highest BCUT2D eigenvalue weighted by molar-refractivity contribution is 7.92. The second kappa shape index (κ2) is 5.47. The van der Waals surface area contributed by atoms with Crippen LogP contribution in [-0.4, -0.2) is 35.8 Å². The second-order valence-electron chi connectivity index (χ2n) is 3.99. The third-order valence-corrected chi connectivity index (χ3v) is 4.00. The molecule has 0 aliphatic rings. The van der Waals surface area contributed by atoms with E-state index in [2.05, 4.69) is 19.9 Å². The molecule has 2 rings (SSSR count). The zero-order chi connectivity index (χ0) is 14.8. The molecule has 9 heteroatoms. The summed E-state index contributed by atoms with van der Waals surface area (Å²) in [7, 11) is -2.42. The van der Waals surface area contributed by atoms with Gasteiger partial charge < -0.3 is 9.84 Å². The number of aliphatic hydroxyl groups is 1. The molecule has 3 N–H and O–H groups in total. The summed E-state index contributed by atoms with van der Waals surface area (Å²) >= 11 is 0. The van der Waals surface area contributed by atoms with Crippen LogP contribution in [0.3, 0.4) is 0 Å². The lowest BCUT2D eigenvalue weighted by Crippen LogP contribution is -2.15. The number of aromatic amines is 1. The fraction of sp³-hybridized carbons (Fsp3) is 0.273. The highest BCUT2D eigenvalue weighted by Crippen LogP contribution is 2.20. The second-order valence-corrected chi connectivity index (χ2v) is 5.58. The summed E-state index contributed by atoms with van der Waals surface area (Å²) in [6.07, 6.45) is 1.33. The standard InChI is InChI=1S/C11H14N4O4S/c1-7-9(6-16)11(14-13-7)20(17,18)15-8-3-4-10(19-2)12-5-8/h3-5,15-16H,6H2,1-2H3,(H,13,14). The van der Waals surface area contributed by atoms with Crippen LogP contribution >= 0.6 is 0 Å². The number of H-pyrrole nitrogens is 1. The van der Waals surface area contributed by atoms with Gasteiger partial charge in [0.05, 0.1) is 25.6 Å². The van der Waals surface area contributed by atoms with Crippen molar-refractivity contribution in [1.82, 2.24) is 15.2 Å². The van der Waals surface area contributed by atoms with Gasteiger partial charge in [-0.15, -0.1) is 0 Å². The average Bonchev–Trinajstić information content (AvgIpc) is 2.81. The highest BCUT2D eigenvalue weighted by atomic mass is 32.2. The van der Waals surface area contributed by atoms with Gasteiger partial charge in [0.25, 0.3) is 10.0 Å². The fourth-order valence-corrected chi connectivity index (χ4v) is 2.84. The lowest BCUT2D eigenvalue weighted by Gasteiger charge is -2.07. The Morgan fingerprint density at radius 1 is 1.45 bits per heavy atom. The molecular formula is C11H14N4O4S. The summed E-state index contributed by atoms with van der Waals surface area (Å²) in [5.41, 5.74) is 1.01. The van der Waals surface area contributed by atoms with Crippen LogP contribution in [0.15, 0.2) is 23.4 Å². The lowest BCUT2D eigenvalue weighted by molar-refractivity contribution is 0.277. The quantitative estimate of drug-likeness (QED) is 0.736. The third-order valence-electron chi connectivity index (χ3n) is 2.65. The van der Waals surface area contributed by atoms with E-state index in [0.29, 0.717) is 11.6 Å². The maximum Gasteiger partial charge on any atom is 0.281 e. The summed E-state index contributed by atoms with van der Waals surface area (Å²) in [5.74, 6) is 0.375. The third kappa shape index (κ3) is 2.73. The summed E-state index contributed by atoms with van der Waals surface area (Å²) < 4.78 is 31.6. The fourth-order valence-electron chi connectivity index (χ4n) is 1.60. The molecule has 0 aliphatic heterocycles. The van der Waals surface area contributed by atoms with Gasteiger partial charge in [-0.25, -0.2) is 4.98 Å². The minimum absolute atomic E-state index is 0.228. The van der Waals surface area contributed by atoms with E-state index in [-0.39, 0.29) is 16.3 Å². The van der Waals surface area contributed by atoms with Crippen molar-refractivity contribution >= 4 is 15.7 Å². The molecule has 0 spiro atoms. The maximum atomic E-state index is 12.2. The van der Waals surface area contributed by atoms with E-state index in [1.54, 1.807) is 6.92 Å². The molecule has 0 bridgehead atoms. The number of hydrogen-bond donors (Lipinski definition) is 3. The van der Waals surface area contributed by atoms with Gasteiger partial charge in [-0.1, -0.05) is 0 Å². The van der Waals surface area contributed by atoms with Gasteiger partial charge in [-0.3, -0.25) is 9.82 Å². The van der Waals surface area contributed by atoms with E-state index < -0.39 is 16.6 Å². The van der Waals surface area contributed by atoms with Crippen molar-refractivity contribution in [2.24, 2.45) is 0 Å². The molecule has 2 heterocycles. The van der Waals surface area contributed by atoms with Gasteiger partial charge in [0.1, 0.15) is 0 Å². The van der Waals surface area contributed by atoms with Gasteiger partial charge in [-0.05, 0) is 13.0 Å². The number of pyridine rings is 1. The summed E-state index contributed by atoms with van der Waals surface area (Å²) in [6, 6.07) is 3.04. The number of aromatic nitrogens is 3. The van der Waals surface area contributed by atoms with E-state index >= 15 is 0 Å². The molecular weight excluding hydrogens is 284 g/mol. The molecule has 108 valence electrons. The van der Waals surface area contributed by atoms with Crippen molar-refractivity contribution < 1.29 is 18.3 Å². The summed E-state index contributed by atoms with van der Waals surface area (Å²) in [4.78, 5) is 3.90. The van der Waals surface area contributed by atoms with Gasteiger partial charge in [0.2, 0.25) is 10.9 Å². The van der Waals surface area contributed by atoms with Gasteiger partial charge in [0.15, 0.2) is 0 Å². The first-order valence-electron chi connectivity index (χ1n) is 5.65. The predicted molar refractivity (Wildman–Crippen MR) is 70.8 cm³/mol. The Hall–Kier alpha value is -2.13. The predicted octanol–water partition coefficient (Wildman–Crippen LogP) is 0.415. The summed E-state index contributed by atoms with van der Waals surface area (Å²) in [6.45, 7) is 1.21. The van der Waals surface area contributed by atoms with Gasteiger partial charge in [-0.2, -0.15) is 13.5 Å². The Morgan fingerprint density at radius 2 is 2.20 bits per heavy atom. The maximum absolute atomic E-state index is 12.2. The Bertz CT molecular complexity index is 694. The molecule has 8 nitrogen and oxygen atoms in total. The molecule has 0 aromatic carbocycles. The van der Waals surface area contributed by atoms with Crippen LogP contribution in [0.5, 0.6) is 5.88 Å². The number of anilines is 1. The van der Waals surface area contributed by atoms with Crippen molar-refractivity contribution in [3.8, 4) is 5.88 Å². The molecule has 2 aromatic rings. The van der Waals surface area contributed by atoms with Crippen LogP contribution in [0.1, 0.15) is 11.3 Å². The molecule has 2 aromatic heterocycles. The van der Waals surface area contributed by atoms with E-state index in [1.807, 2.05) is 0 Å². The van der Waals surface area contributed by atoms with Gasteiger partial charge >= 0.3 is 0 Å². The SMILES string of the molecule is COc1ccc(NS(=O)(=O)c2n[nH]c(C)c2CO)cn1. The van der Waals surface area contributed by atoms with Crippen LogP contribution in [-0.2, 0) is 16.6 Å². The van der Waals surface area contributed by atoms with E-state index in [0.717, 1.165) is 0 Å². The number of ether oxygens (including phenoxy) is 1. The molecule has 0 radical (unpaired) electrons. The van der Waals surface area contributed by atoms with E-state index in [9.17, 15) is 13.5 Å². The number of rotatable bonds is 5. The number of aliphatic hydroxyl groups excluding tert-OH is 1. The Morgan fingerprint density at radius 3 is 2.75 bits per heavy atom. The first-order valence-corrected chi connectivity index (χ1v) is 7.14. The van der Waals surface area contributed by atoms with Crippen LogP contribution < -0.4 is 9.46 Å². The number of nitrogens with one attached hydrogen (secondary N) is 2. The number of nitrogens with zero attached hydrogens (tertiary/aromatic N) is 2. The van der Waals surface area contributed by atoms with E-state index in [1.165, 1.54) is 25.4 Å².